The maximum atomic E-state index is 12.6. The zero-order valence-electron chi connectivity index (χ0n) is 10.7. The second kappa shape index (κ2) is 4.96. The summed E-state index contributed by atoms with van der Waals surface area (Å²) >= 11 is 0. The number of hydrogen-bond donors (Lipinski definition) is 0. The molecule has 0 spiro atoms. The summed E-state index contributed by atoms with van der Waals surface area (Å²) in [5.74, 6) is -0.429. The number of Topliss-reactive ketones (excluding diaryl/α,β-unsaturated/α-hetero) is 2. The quantitative estimate of drug-likeness (QED) is 0.471. The first-order chi connectivity index (χ1) is 9.27. The van der Waals surface area contributed by atoms with Crippen LogP contribution in [0.1, 0.15) is 42.5 Å². The Balaban J connectivity index is 1.96. The monoisotopic (exact) mass is 256 g/mol. The van der Waals surface area contributed by atoms with Gasteiger partial charge in [0.2, 0.25) is 0 Å². The highest BCUT2D eigenvalue weighted by molar-refractivity contribution is 6.13. The van der Waals surface area contributed by atoms with E-state index >= 15 is 0 Å². The third-order valence-electron chi connectivity index (χ3n) is 3.81. The fraction of sp³-hybridized carbons (Fsp3) is 0.400. The van der Waals surface area contributed by atoms with Gasteiger partial charge in [0.25, 0.3) is 0 Å². The number of fused-ring (bicyclic) bond motifs is 1. The molecule has 0 aliphatic heterocycles. The first-order valence-electron chi connectivity index (χ1n) is 6.76. The molecule has 0 saturated heterocycles. The van der Waals surface area contributed by atoms with Crippen molar-refractivity contribution in [3.05, 3.63) is 36.2 Å². The average molecular weight is 256 g/mol. The van der Waals surface area contributed by atoms with E-state index in [0.29, 0.717) is 18.4 Å². The van der Waals surface area contributed by atoms with Gasteiger partial charge in [-0.3, -0.25) is 9.59 Å². The molecule has 3 rings (SSSR count). The molecule has 1 aliphatic rings. The van der Waals surface area contributed by atoms with E-state index in [1.807, 2.05) is 18.2 Å². The zero-order valence-corrected chi connectivity index (χ0v) is 10.7. The van der Waals surface area contributed by atoms with Gasteiger partial charge in [0.05, 0.1) is 23.2 Å². The lowest BCUT2D eigenvalue weighted by Crippen LogP contribution is -2.22. The lowest BCUT2D eigenvalue weighted by molar-refractivity contribution is -0.121. The number of ketones is 2. The molecule has 0 aromatic carbocycles. The van der Waals surface area contributed by atoms with Crippen LogP contribution in [0.15, 0.2) is 30.6 Å². The van der Waals surface area contributed by atoms with Gasteiger partial charge in [-0.25, -0.2) is 4.52 Å². The molecule has 0 amide bonds. The van der Waals surface area contributed by atoms with Crippen molar-refractivity contribution in [2.75, 3.05) is 0 Å². The van der Waals surface area contributed by atoms with E-state index in [0.717, 1.165) is 24.8 Å². The lowest BCUT2D eigenvalue weighted by Gasteiger charge is -2.10. The fourth-order valence-corrected chi connectivity index (χ4v) is 2.75. The molecule has 1 unspecified atom stereocenters. The molecule has 4 nitrogen and oxygen atoms in total. The number of rotatable bonds is 2. The Labute approximate surface area is 111 Å². The van der Waals surface area contributed by atoms with Gasteiger partial charge in [0.1, 0.15) is 5.78 Å². The topological polar surface area (TPSA) is 51.4 Å². The number of aromatic nitrogens is 2. The normalized spacial score (nSPS) is 20.4. The van der Waals surface area contributed by atoms with E-state index in [4.69, 9.17) is 0 Å². The molecule has 1 atom stereocenters. The number of carbonyl (C=O) groups is 2. The minimum atomic E-state index is -0.462. The SMILES string of the molecule is O=C1CCCCCC1C(=O)c1cnn2ccccc12. The van der Waals surface area contributed by atoms with Gasteiger partial charge in [0.15, 0.2) is 5.78 Å². The van der Waals surface area contributed by atoms with Crippen LogP contribution >= 0.6 is 0 Å². The number of hydrogen-bond acceptors (Lipinski definition) is 3. The summed E-state index contributed by atoms with van der Waals surface area (Å²) in [5, 5.41) is 4.17. The van der Waals surface area contributed by atoms with E-state index < -0.39 is 5.92 Å². The van der Waals surface area contributed by atoms with E-state index in [1.165, 1.54) is 0 Å². The molecular weight excluding hydrogens is 240 g/mol. The Morgan fingerprint density at radius 1 is 1.26 bits per heavy atom. The largest absolute Gasteiger partial charge is 0.299 e. The Kier molecular flexibility index (Phi) is 3.15. The highest BCUT2D eigenvalue weighted by atomic mass is 16.2. The smallest absolute Gasteiger partial charge is 0.177 e. The minimum absolute atomic E-state index is 0.0619. The highest BCUT2D eigenvalue weighted by Crippen LogP contribution is 2.25. The van der Waals surface area contributed by atoms with Gasteiger partial charge < -0.3 is 0 Å². The summed E-state index contributed by atoms with van der Waals surface area (Å²) in [7, 11) is 0. The lowest BCUT2D eigenvalue weighted by atomic mass is 9.90. The van der Waals surface area contributed by atoms with Crippen molar-refractivity contribution >= 4 is 17.1 Å². The van der Waals surface area contributed by atoms with Crippen molar-refractivity contribution in [1.29, 1.82) is 0 Å². The molecular formula is C15H16N2O2. The van der Waals surface area contributed by atoms with Gasteiger partial charge in [-0.15, -0.1) is 0 Å². The predicted octanol–water partition coefficient (Wildman–Crippen LogP) is 2.67. The Bertz CT molecular complexity index is 630. The summed E-state index contributed by atoms with van der Waals surface area (Å²) < 4.78 is 1.68. The molecule has 4 heteroatoms. The van der Waals surface area contributed by atoms with Crippen LogP contribution in [0.4, 0.5) is 0 Å². The van der Waals surface area contributed by atoms with Crippen molar-refractivity contribution in [2.45, 2.75) is 32.1 Å². The highest BCUT2D eigenvalue weighted by Gasteiger charge is 2.29. The first-order valence-corrected chi connectivity index (χ1v) is 6.76. The number of carbonyl (C=O) groups excluding carboxylic acids is 2. The number of pyridine rings is 1. The van der Waals surface area contributed by atoms with E-state index in [2.05, 4.69) is 5.10 Å². The summed E-state index contributed by atoms with van der Waals surface area (Å²) in [4.78, 5) is 24.6. The van der Waals surface area contributed by atoms with Crippen LogP contribution in [0.3, 0.4) is 0 Å². The van der Waals surface area contributed by atoms with E-state index in [1.54, 1.807) is 16.9 Å². The van der Waals surface area contributed by atoms with Crippen LogP contribution in [0.5, 0.6) is 0 Å². The predicted molar refractivity (Wildman–Crippen MR) is 71.1 cm³/mol. The third-order valence-corrected chi connectivity index (χ3v) is 3.81. The Morgan fingerprint density at radius 2 is 2.16 bits per heavy atom. The standard InChI is InChI=1S/C15H16N2O2/c18-14-8-3-1-2-6-11(14)15(19)12-10-16-17-9-5-4-7-13(12)17/h4-5,7,9-11H,1-3,6,8H2. The molecule has 1 fully saturated rings. The molecule has 0 bridgehead atoms. The van der Waals surface area contributed by atoms with Crippen LogP contribution in [0.2, 0.25) is 0 Å². The second-order valence-electron chi connectivity index (χ2n) is 5.07. The molecule has 2 heterocycles. The summed E-state index contributed by atoms with van der Waals surface area (Å²) in [5.41, 5.74) is 1.35. The van der Waals surface area contributed by atoms with Gasteiger partial charge in [0, 0.05) is 12.6 Å². The van der Waals surface area contributed by atoms with Crippen LogP contribution < -0.4 is 0 Å². The molecule has 98 valence electrons. The van der Waals surface area contributed by atoms with Crippen LogP contribution in [-0.4, -0.2) is 21.2 Å². The first kappa shape index (κ1) is 12.1. The minimum Gasteiger partial charge on any atom is -0.299 e. The maximum absolute atomic E-state index is 12.6. The zero-order chi connectivity index (χ0) is 13.2. The molecule has 1 aliphatic carbocycles. The fourth-order valence-electron chi connectivity index (χ4n) is 2.75. The van der Waals surface area contributed by atoms with Gasteiger partial charge in [-0.2, -0.15) is 5.10 Å². The van der Waals surface area contributed by atoms with Crippen molar-refractivity contribution < 1.29 is 9.59 Å². The van der Waals surface area contributed by atoms with Crippen molar-refractivity contribution in [3.63, 3.8) is 0 Å². The Hall–Kier alpha value is -1.97. The maximum Gasteiger partial charge on any atom is 0.177 e. The van der Waals surface area contributed by atoms with Gasteiger partial charge in [-0.05, 0) is 25.0 Å². The molecule has 1 saturated carbocycles. The van der Waals surface area contributed by atoms with Gasteiger partial charge in [-0.1, -0.05) is 18.9 Å². The molecule has 19 heavy (non-hydrogen) atoms. The van der Waals surface area contributed by atoms with Crippen molar-refractivity contribution in [3.8, 4) is 0 Å². The Morgan fingerprint density at radius 3 is 3.05 bits per heavy atom. The molecule has 2 aromatic rings. The molecule has 2 aromatic heterocycles. The summed E-state index contributed by atoms with van der Waals surface area (Å²) in [6, 6.07) is 5.61. The van der Waals surface area contributed by atoms with E-state index in [-0.39, 0.29) is 11.6 Å². The van der Waals surface area contributed by atoms with Crippen molar-refractivity contribution in [1.82, 2.24) is 9.61 Å². The van der Waals surface area contributed by atoms with Crippen LogP contribution in [-0.2, 0) is 4.79 Å². The average Bonchev–Trinajstić information content (AvgIpc) is 2.74. The van der Waals surface area contributed by atoms with Crippen LogP contribution in [0, 0.1) is 5.92 Å². The van der Waals surface area contributed by atoms with Crippen molar-refractivity contribution in [2.24, 2.45) is 5.92 Å². The molecule has 0 N–H and O–H groups in total. The second-order valence-corrected chi connectivity index (χ2v) is 5.07. The van der Waals surface area contributed by atoms with Gasteiger partial charge >= 0.3 is 0 Å². The van der Waals surface area contributed by atoms with Crippen LogP contribution in [0.25, 0.3) is 5.52 Å². The molecule has 0 radical (unpaired) electrons. The van der Waals surface area contributed by atoms with E-state index in [9.17, 15) is 9.59 Å². The third kappa shape index (κ3) is 2.18. The number of nitrogens with zero attached hydrogens (tertiary/aromatic N) is 2. The summed E-state index contributed by atoms with van der Waals surface area (Å²) in [6.07, 6.45) is 7.53. The summed E-state index contributed by atoms with van der Waals surface area (Å²) in [6.45, 7) is 0.